The van der Waals surface area contributed by atoms with E-state index in [1.807, 2.05) is 4.90 Å². The molecular weight excluding hydrogens is 379 g/mol. The first kappa shape index (κ1) is 19.7. The largest absolute Gasteiger partial charge is 0.492 e. The minimum atomic E-state index is -1.32. The van der Waals surface area contributed by atoms with Crippen LogP contribution in [0.25, 0.3) is 10.9 Å². The van der Waals surface area contributed by atoms with Gasteiger partial charge >= 0.3 is 5.97 Å². The molecule has 2 heterocycles. The van der Waals surface area contributed by atoms with Crippen LogP contribution in [0.3, 0.4) is 0 Å². The minimum Gasteiger partial charge on any atom is -0.492 e. The van der Waals surface area contributed by atoms with E-state index in [1.165, 1.54) is 13.3 Å². The van der Waals surface area contributed by atoms with Crippen LogP contribution in [0.4, 0.5) is 10.1 Å². The van der Waals surface area contributed by atoms with Crippen molar-refractivity contribution in [2.75, 3.05) is 31.7 Å². The second-order valence-corrected chi connectivity index (χ2v) is 7.89. The van der Waals surface area contributed by atoms with Gasteiger partial charge in [-0.05, 0) is 44.1 Å². The molecule has 1 aromatic carbocycles. The number of benzene rings is 1. The maximum Gasteiger partial charge on any atom is 0.341 e. The maximum absolute atomic E-state index is 15.2. The SMILES string of the molecule is COc1c(N2CCC(CCO)CC2)c(F)cc2c(=O)c(C(=O)O)cn(C3CC3)c12. The number of hydrogen-bond acceptors (Lipinski definition) is 5. The summed E-state index contributed by atoms with van der Waals surface area (Å²) >= 11 is 0. The molecule has 1 aliphatic heterocycles. The zero-order valence-electron chi connectivity index (χ0n) is 16.4. The lowest BCUT2D eigenvalue weighted by Crippen LogP contribution is -2.35. The molecule has 0 spiro atoms. The zero-order chi connectivity index (χ0) is 20.7. The highest BCUT2D eigenvalue weighted by Gasteiger charge is 2.32. The lowest BCUT2D eigenvalue weighted by molar-refractivity contribution is 0.0694. The topological polar surface area (TPSA) is 92.0 Å². The van der Waals surface area contributed by atoms with Crippen LogP contribution >= 0.6 is 0 Å². The third kappa shape index (κ3) is 3.46. The normalized spacial score (nSPS) is 17.7. The Bertz CT molecular complexity index is 1010. The molecule has 2 aliphatic rings. The quantitative estimate of drug-likeness (QED) is 0.769. The molecule has 4 rings (SSSR count). The molecule has 8 heteroatoms. The van der Waals surface area contributed by atoms with Gasteiger partial charge in [-0.25, -0.2) is 9.18 Å². The summed E-state index contributed by atoms with van der Waals surface area (Å²) in [4.78, 5) is 26.2. The molecule has 2 N–H and O–H groups in total. The van der Waals surface area contributed by atoms with Gasteiger partial charge in [0.05, 0.1) is 18.0 Å². The van der Waals surface area contributed by atoms with Gasteiger partial charge in [-0.2, -0.15) is 0 Å². The van der Waals surface area contributed by atoms with Crippen molar-refractivity contribution < 1.29 is 24.1 Å². The van der Waals surface area contributed by atoms with E-state index in [0.29, 0.717) is 30.2 Å². The van der Waals surface area contributed by atoms with Gasteiger partial charge in [-0.3, -0.25) is 4.79 Å². The second kappa shape index (κ2) is 7.67. The first-order valence-electron chi connectivity index (χ1n) is 10.0. The third-order valence-corrected chi connectivity index (χ3v) is 6.04. The van der Waals surface area contributed by atoms with E-state index in [0.717, 1.165) is 38.2 Å². The number of halogens is 1. The molecule has 7 nitrogen and oxygen atoms in total. The molecule has 1 saturated carbocycles. The Hall–Kier alpha value is -2.61. The maximum atomic E-state index is 15.2. The fourth-order valence-corrected chi connectivity index (χ4v) is 4.35. The van der Waals surface area contributed by atoms with E-state index in [2.05, 4.69) is 0 Å². The second-order valence-electron chi connectivity index (χ2n) is 7.89. The van der Waals surface area contributed by atoms with E-state index in [-0.39, 0.29) is 29.3 Å². The van der Waals surface area contributed by atoms with Crippen molar-refractivity contribution >= 4 is 22.6 Å². The number of fused-ring (bicyclic) bond motifs is 1. The predicted octanol–water partition coefficient (Wildman–Crippen LogP) is 2.78. The van der Waals surface area contributed by atoms with Gasteiger partial charge < -0.3 is 24.4 Å². The Morgan fingerprint density at radius 2 is 1.97 bits per heavy atom. The van der Waals surface area contributed by atoms with Gasteiger partial charge in [-0.15, -0.1) is 0 Å². The number of hydrogen-bond donors (Lipinski definition) is 2. The fraction of sp³-hybridized carbons (Fsp3) is 0.524. The lowest BCUT2D eigenvalue weighted by atomic mass is 9.93. The molecule has 0 unspecified atom stereocenters. The summed E-state index contributed by atoms with van der Waals surface area (Å²) in [5, 5.41) is 18.6. The number of carboxylic acids is 1. The van der Waals surface area contributed by atoms with Crippen LogP contribution in [0, 0.1) is 11.7 Å². The summed E-state index contributed by atoms with van der Waals surface area (Å²) in [5.74, 6) is -1.22. The summed E-state index contributed by atoms with van der Waals surface area (Å²) < 4.78 is 22.6. The number of aliphatic hydroxyl groups excluding tert-OH is 1. The number of rotatable bonds is 6. The molecule has 1 saturated heterocycles. The molecule has 0 amide bonds. The van der Waals surface area contributed by atoms with Gasteiger partial charge in [0.25, 0.3) is 0 Å². The molecular formula is C21H25FN2O5. The Labute approximate surface area is 167 Å². The third-order valence-electron chi connectivity index (χ3n) is 6.04. The van der Waals surface area contributed by atoms with E-state index in [9.17, 15) is 14.7 Å². The van der Waals surface area contributed by atoms with Gasteiger partial charge in [0.1, 0.15) is 11.3 Å². The first-order chi connectivity index (χ1) is 14.0. The molecule has 156 valence electrons. The highest BCUT2D eigenvalue weighted by atomic mass is 19.1. The van der Waals surface area contributed by atoms with Crippen LogP contribution < -0.4 is 15.1 Å². The molecule has 2 fully saturated rings. The number of piperidine rings is 1. The van der Waals surface area contributed by atoms with Crippen LogP contribution in [0.1, 0.15) is 48.5 Å². The average molecular weight is 404 g/mol. The fourth-order valence-electron chi connectivity index (χ4n) is 4.35. The number of aliphatic hydroxyl groups is 1. The summed E-state index contributed by atoms with van der Waals surface area (Å²) in [5.41, 5.74) is -0.281. The number of ether oxygens (including phenoxy) is 1. The van der Waals surface area contributed by atoms with Crippen LogP contribution in [0.5, 0.6) is 5.75 Å². The number of aromatic nitrogens is 1. The Balaban J connectivity index is 1.88. The summed E-state index contributed by atoms with van der Waals surface area (Å²) in [6, 6.07) is 1.24. The highest BCUT2D eigenvalue weighted by molar-refractivity contribution is 5.97. The summed E-state index contributed by atoms with van der Waals surface area (Å²) in [6.07, 6.45) is 5.54. The van der Waals surface area contributed by atoms with Crippen molar-refractivity contribution in [3.8, 4) is 5.75 Å². The number of anilines is 1. The Morgan fingerprint density at radius 3 is 2.52 bits per heavy atom. The minimum absolute atomic E-state index is 0.0325. The van der Waals surface area contributed by atoms with Crippen LogP contribution in [0.15, 0.2) is 17.1 Å². The molecule has 2 aromatic rings. The van der Waals surface area contributed by atoms with E-state index >= 15 is 4.39 Å². The molecule has 0 atom stereocenters. The van der Waals surface area contributed by atoms with Crippen molar-refractivity contribution in [2.45, 2.75) is 38.1 Å². The molecule has 0 bridgehead atoms. The van der Waals surface area contributed by atoms with Crippen molar-refractivity contribution in [1.29, 1.82) is 0 Å². The molecule has 29 heavy (non-hydrogen) atoms. The summed E-state index contributed by atoms with van der Waals surface area (Å²) in [7, 11) is 1.45. The Kier molecular flexibility index (Phi) is 5.21. The van der Waals surface area contributed by atoms with Crippen molar-refractivity contribution in [3.05, 3.63) is 33.9 Å². The number of pyridine rings is 1. The molecule has 0 radical (unpaired) electrons. The van der Waals surface area contributed by atoms with Gasteiger partial charge in [-0.1, -0.05) is 0 Å². The van der Waals surface area contributed by atoms with Gasteiger partial charge in [0.15, 0.2) is 11.6 Å². The lowest BCUT2D eigenvalue weighted by Gasteiger charge is -2.34. The number of carboxylic acid groups (broad SMARTS) is 1. The standard InChI is InChI=1S/C21H25FN2O5/c1-29-20-17-14(19(26)15(21(27)28)11-24(17)13-2-3-13)10-16(22)18(20)23-7-4-12(5-8-23)6-9-25/h10-13,25H,2-9H2,1H3,(H,27,28). The zero-order valence-corrected chi connectivity index (χ0v) is 16.4. The monoisotopic (exact) mass is 404 g/mol. The van der Waals surface area contributed by atoms with Crippen LogP contribution in [-0.2, 0) is 0 Å². The first-order valence-corrected chi connectivity index (χ1v) is 10.0. The predicted molar refractivity (Wildman–Crippen MR) is 107 cm³/mol. The van der Waals surface area contributed by atoms with Gasteiger partial charge in [0.2, 0.25) is 5.43 Å². The smallest absolute Gasteiger partial charge is 0.341 e. The number of carbonyl (C=O) groups is 1. The van der Waals surface area contributed by atoms with E-state index < -0.39 is 17.2 Å². The molecule has 1 aromatic heterocycles. The Morgan fingerprint density at radius 1 is 1.28 bits per heavy atom. The number of methoxy groups -OCH3 is 1. The number of nitrogens with zero attached hydrogens (tertiary/aromatic N) is 2. The molecule has 1 aliphatic carbocycles. The average Bonchev–Trinajstić information content (AvgIpc) is 3.54. The van der Waals surface area contributed by atoms with Gasteiger partial charge in [0, 0.05) is 31.9 Å². The van der Waals surface area contributed by atoms with E-state index in [4.69, 9.17) is 9.84 Å². The summed E-state index contributed by atoms with van der Waals surface area (Å²) in [6.45, 7) is 1.41. The van der Waals surface area contributed by atoms with Crippen molar-refractivity contribution in [3.63, 3.8) is 0 Å². The van der Waals surface area contributed by atoms with Crippen LogP contribution in [0.2, 0.25) is 0 Å². The van der Waals surface area contributed by atoms with E-state index in [1.54, 1.807) is 4.57 Å². The van der Waals surface area contributed by atoms with Crippen molar-refractivity contribution in [2.24, 2.45) is 5.92 Å². The van der Waals surface area contributed by atoms with Crippen molar-refractivity contribution in [1.82, 2.24) is 4.57 Å². The van der Waals surface area contributed by atoms with Crippen LogP contribution in [-0.4, -0.2) is 47.6 Å². The number of aromatic carboxylic acids is 1. The highest BCUT2D eigenvalue weighted by Crippen LogP contribution is 2.44.